The number of hydrogen-bond donors (Lipinski definition) is 6. The normalized spacial score (nSPS) is 18.7. The largest absolute Gasteiger partial charge is 0.386 e. The summed E-state index contributed by atoms with van der Waals surface area (Å²) >= 11 is 0. The second-order valence-electron chi connectivity index (χ2n) is 6.21. The molecule has 2 aromatic rings. The predicted octanol–water partition coefficient (Wildman–Crippen LogP) is 3.35. The molecule has 144 valence electrons. The molecule has 0 saturated carbocycles. The number of pyridine rings is 1. The van der Waals surface area contributed by atoms with E-state index in [2.05, 4.69) is 31.4 Å². The van der Waals surface area contributed by atoms with Gasteiger partial charge in [0.1, 0.15) is 5.82 Å². The van der Waals surface area contributed by atoms with Crippen LogP contribution in [0.4, 0.5) is 16.3 Å². The van der Waals surface area contributed by atoms with Crippen LogP contribution in [0, 0.1) is 10.9 Å². The predicted molar refractivity (Wildman–Crippen MR) is 108 cm³/mol. The topological polar surface area (TPSA) is 138 Å². The molecule has 0 radical (unpaired) electrons. The van der Waals surface area contributed by atoms with Crippen LogP contribution >= 0.6 is 0 Å². The Morgan fingerprint density at radius 2 is 2.11 bits per heavy atom. The van der Waals surface area contributed by atoms with Crippen molar-refractivity contribution < 1.29 is 4.79 Å². The highest BCUT2D eigenvalue weighted by atomic mass is 16.2. The van der Waals surface area contributed by atoms with Crippen LogP contribution in [-0.2, 0) is 6.54 Å². The molecule has 2 heterocycles. The summed E-state index contributed by atoms with van der Waals surface area (Å²) in [6.07, 6.45) is 3.22. The number of hydrogen-bond acceptors (Lipinski definition) is 7. The fraction of sp³-hybridized carbons (Fsp3) is 0.211. The van der Waals surface area contributed by atoms with E-state index in [1.807, 2.05) is 30.3 Å². The smallest absolute Gasteiger partial charge is 0.320 e. The summed E-state index contributed by atoms with van der Waals surface area (Å²) in [4.78, 5) is 17.1. The number of rotatable bonds is 4. The third-order valence-electron chi connectivity index (χ3n) is 4.37. The summed E-state index contributed by atoms with van der Waals surface area (Å²) in [5.41, 5.74) is 10.8. The standard InChI is InChI=1S/C19H22N8O/c1-22-18-13(9-20)7-17-24-16(18)11-23-10-14(27-21)8-15(25-19(28)26-17)12-5-3-2-4-6-12/h2-7,9-10,15,20-23H,8,11H2,1H3,(H2,24,25,26,28)/b14-10-,20-9?,27-21?/t15-/m1/s1. The zero-order chi connectivity index (χ0) is 19.9. The quantitative estimate of drug-likeness (QED) is 0.359. The van der Waals surface area contributed by atoms with E-state index in [1.165, 1.54) is 6.21 Å². The fourth-order valence-corrected chi connectivity index (χ4v) is 3.07. The third kappa shape index (κ3) is 4.32. The zero-order valence-electron chi connectivity index (χ0n) is 15.4. The molecule has 0 saturated heterocycles. The van der Waals surface area contributed by atoms with Gasteiger partial charge in [-0.15, -0.1) is 0 Å². The Balaban J connectivity index is 2.00. The Hall–Kier alpha value is -3.75. The molecule has 9 nitrogen and oxygen atoms in total. The molecule has 1 atom stereocenters. The van der Waals surface area contributed by atoms with Crippen molar-refractivity contribution in [3.8, 4) is 0 Å². The number of benzene rings is 1. The molecule has 1 aromatic heterocycles. The van der Waals surface area contributed by atoms with Crippen LogP contribution in [0.15, 0.2) is 53.4 Å². The summed E-state index contributed by atoms with van der Waals surface area (Å²) < 4.78 is 0. The highest BCUT2D eigenvalue weighted by molar-refractivity contribution is 5.92. The Kier molecular flexibility index (Phi) is 5.95. The molecule has 0 aliphatic carbocycles. The Labute approximate surface area is 162 Å². The van der Waals surface area contributed by atoms with E-state index in [1.54, 1.807) is 19.3 Å². The SMILES string of the molecule is CNc1c(C=N)cc2nc1CN/C=C(\N=N)C[C@H](c1ccccc1)NC(=O)N2. The van der Waals surface area contributed by atoms with Gasteiger partial charge in [0.15, 0.2) is 0 Å². The number of aromatic nitrogens is 1. The lowest BCUT2D eigenvalue weighted by molar-refractivity contribution is 0.248. The molecule has 2 bridgehead atoms. The van der Waals surface area contributed by atoms with E-state index in [9.17, 15) is 4.79 Å². The van der Waals surface area contributed by atoms with Crippen molar-refractivity contribution in [2.24, 2.45) is 5.11 Å². The number of urea groups is 1. The molecule has 0 spiro atoms. The minimum atomic E-state index is -0.418. The lowest BCUT2D eigenvalue weighted by Crippen LogP contribution is -2.33. The van der Waals surface area contributed by atoms with E-state index in [0.717, 1.165) is 5.56 Å². The molecule has 6 N–H and O–H groups in total. The average molecular weight is 378 g/mol. The third-order valence-corrected chi connectivity index (χ3v) is 4.37. The van der Waals surface area contributed by atoms with Crippen LogP contribution in [0.3, 0.4) is 0 Å². The molecule has 0 unspecified atom stereocenters. The van der Waals surface area contributed by atoms with Gasteiger partial charge in [-0.3, -0.25) is 5.32 Å². The number of nitrogens with one attached hydrogen (secondary N) is 6. The maximum atomic E-state index is 12.6. The van der Waals surface area contributed by atoms with Gasteiger partial charge in [0.05, 0.1) is 29.7 Å². The highest BCUT2D eigenvalue weighted by Crippen LogP contribution is 2.24. The van der Waals surface area contributed by atoms with Crippen LogP contribution in [0.1, 0.15) is 29.3 Å². The number of fused-ring (bicyclic) bond motifs is 2. The van der Waals surface area contributed by atoms with Gasteiger partial charge in [0.2, 0.25) is 0 Å². The first-order valence-electron chi connectivity index (χ1n) is 8.79. The molecular formula is C19H22N8O. The van der Waals surface area contributed by atoms with Gasteiger partial charge in [-0.05, 0) is 11.6 Å². The van der Waals surface area contributed by atoms with Crippen LogP contribution < -0.4 is 21.3 Å². The first-order valence-corrected chi connectivity index (χ1v) is 8.79. The van der Waals surface area contributed by atoms with Gasteiger partial charge in [-0.1, -0.05) is 30.3 Å². The van der Waals surface area contributed by atoms with Crippen molar-refractivity contribution in [1.82, 2.24) is 15.6 Å². The van der Waals surface area contributed by atoms with E-state index < -0.39 is 6.03 Å². The molecule has 0 fully saturated rings. The van der Waals surface area contributed by atoms with Gasteiger partial charge in [0, 0.05) is 31.4 Å². The number of amides is 2. The molecule has 2 amide bonds. The van der Waals surface area contributed by atoms with Crippen LogP contribution in [-0.4, -0.2) is 24.3 Å². The zero-order valence-corrected chi connectivity index (χ0v) is 15.4. The lowest BCUT2D eigenvalue weighted by Gasteiger charge is -2.21. The summed E-state index contributed by atoms with van der Waals surface area (Å²) in [6.45, 7) is 0.350. The summed E-state index contributed by atoms with van der Waals surface area (Å²) in [6, 6.07) is 10.4. The van der Waals surface area contributed by atoms with Crippen LogP contribution in [0.2, 0.25) is 0 Å². The summed E-state index contributed by atoms with van der Waals surface area (Å²) in [5.74, 6) is 0.355. The minimum Gasteiger partial charge on any atom is -0.386 e. The first-order chi connectivity index (χ1) is 13.6. The van der Waals surface area contributed by atoms with E-state index in [0.29, 0.717) is 41.4 Å². The Morgan fingerprint density at radius 1 is 1.32 bits per heavy atom. The minimum absolute atomic E-state index is 0.350. The highest BCUT2D eigenvalue weighted by Gasteiger charge is 2.19. The molecule has 1 aliphatic rings. The number of anilines is 2. The molecule has 9 heteroatoms. The van der Waals surface area contributed by atoms with Crippen molar-refractivity contribution in [2.75, 3.05) is 17.7 Å². The second-order valence-corrected chi connectivity index (χ2v) is 6.21. The van der Waals surface area contributed by atoms with Crippen molar-refractivity contribution in [2.45, 2.75) is 19.0 Å². The van der Waals surface area contributed by atoms with Crippen molar-refractivity contribution in [3.63, 3.8) is 0 Å². The average Bonchev–Trinajstić information content (AvgIpc) is 2.71. The molecular weight excluding hydrogens is 356 g/mol. The summed E-state index contributed by atoms with van der Waals surface area (Å²) in [5, 5.41) is 23.1. The van der Waals surface area contributed by atoms with E-state index in [-0.39, 0.29) is 6.04 Å². The van der Waals surface area contributed by atoms with Gasteiger partial charge in [-0.2, -0.15) is 5.11 Å². The van der Waals surface area contributed by atoms with Crippen molar-refractivity contribution >= 4 is 23.8 Å². The fourth-order valence-electron chi connectivity index (χ4n) is 3.07. The Morgan fingerprint density at radius 3 is 2.79 bits per heavy atom. The van der Waals surface area contributed by atoms with Gasteiger partial charge in [0.25, 0.3) is 0 Å². The first kappa shape index (κ1) is 19.0. The van der Waals surface area contributed by atoms with Gasteiger partial charge >= 0.3 is 6.03 Å². The number of nitrogens with zero attached hydrogens (tertiary/aromatic N) is 2. The molecule has 1 aliphatic heterocycles. The monoisotopic (exact) mass is 378 g/mol. The second kappa shape index (κ2) is 8.76. The maximum Gasteiger partial charge on any atom is 0.320 e. The number of carbonyl (C=O) groups excluding carboxylic acids is 1. The van der Waals surface area contributed by atoms with Crippen LogP contribution in [0.25, 0.3) is 0 Å². The van der Waals surface area contributed by atoms with Crippen LogP contribution in [0.5, 0.6) is 0 Å². The van der Waals surface area contributed by atoms with Gasteiger partial charge < -0.3 is 21.4 Å². The van der Waals surface area contributed by atoms with Crippen molar-refractivity contribution in [1.29, 1.82) is 10.9 Å². The van der Waals surface area contributed by atoms with Crippen molar-refractivity contribution in [3.05, 3.63) is 65.1 Å². The molecule has 1 aromatic carbocycles. The van der Waals surface area contributed by atoms with Gasteiger partial charge in [-0.25, -0.2) is 15.3 Å². The molecule has 28 heavy (non-hydrogen) atoms. The van der Waals surface area contributed by atoms with E-state index >= 15 is 0 Å². The summed E-state index contributed by atoms with van der Waals surface area (Å²) in [7, 11) is 1.75. The lowest BCUT2D eigenvalue weighted by atomic mass is 10.0. The molecule has 3 rings (SSSR count). The maximum absolute atomic E-state index is 12.6. The number of carbonyl (C=O) groups is 1. The van der Waals surface area contributed by atoms with E-state index in [4.69, 9.17) is 10.9 Å². The Bertz CT molecular complexity index is 910.